The molecular formula is C16H16F3N3O2S. The van der Waals surface area contributed by atoms with E-state index in [0.29, 0.717) is 18.5 Å². The highest BCUT2D eigenvalue weighted by Gasteiger charge is 2.35. The third-order valence-corrected chi connectivity index (χ3v) is 6.42. The van der Waals surface area contributed by atoms with Gasteiger partial charge >= 0.3 is 6.18 Å². The van der Waals surface area contributed by atoms with Crippen LogP contribution in [0.4, 0.5) is 13.2 Å². The van der Waals surface area contributed by atoms with Crippen molar-refractivity contribution in [2.24, 2.45) is 0 Å². The summed E-state index contributed by atoms with van der Waals surface area (Å²) in [5.41, 5.74) is 0.795. The molecule has 1 fully saturated rings. The number of nitrogens with zero attached hydrogens (tertiary/aromatic N) is 3. The average molecular weight is 371 g/mol. The number of hydrogen-bond acceptors (Lipinski definition) is 3. The topological polar surface area (TPSA) is 55.2 Å². The van der Waals surface area contributed by atoms with E-state index in [0.717, 1.165) is 36.4 Å². The van der Waals surface area contributed by atoms with Crippen molar-refractivity contribution in [2.45, 2.75) is 42.9 Å². The average Bonchev–Trinajstić information content (AvgIpc) is 3.33. The van der Waals surface area contributed by atoms with E-state index in [1.54, 1.807) is 4.68 Å². The first-order chi connectivity index (χ1) is 11.7. The summed E-state index contributed by atoms with van der Waals surface area (Å²) in [6, 6.07) is 5.79. The van der Waals surface area contributed by atoms with Crippen molar-refractivity contribution in [3.8, 4) is 0 Å². The van der Waals surface area contributed by atoms with Gasteiger partial charge in [-0.15, -0.1) is 0 Å². The number of rotatable bonds is 3. The first kappa shape index (κ1) is 16.6. The highest BCUT2D eigenvalue weighted by atomic mass is 32.2. The summed E-state index contributed by atoms with van der Waals surface area (Å²) >= 11 is 0. The second-order valence-corrected chi connectivity index (χ2v) is 8.36. The second-order valence-electron chi connectivity index (χ2n) is 6.42. The minimum Gasteiger partial charge on any atom is -0.267 e. The lowest BCUT2D eigenvalue weighted by molar-refractivity contribution is -0.137. The molecule has 2 aliphatic rings. The molecule has 0 bridgehead atoms. The molecule has 0 N–H and O–H groups in total. The van der Waals surface area contributed by atoms with Gasteiger partial charge in [-0.2, -0.15) is 22.6 Å². The van der Waals surface area contributed by atoms with E-state index in [-0.39, 0.29) is 18.0 Å². The van der Waals surface area contributed by atoms with Gasteiger partial charge < -0.3 is 0 Å². The van der Waals surface area contributed by atoms with Gasteiger partial charge in [0, 0.05) is 12.5 Å². The molecule has 1 aliphatic carbocycles. The normalized spacial score (nSPS) is 19.0. The summed E-state index contributed by atoms with van der Waals surface area (Å²) < 4.78 is 67.1. The predicted octanol–water partition coefficient (Wildman–Crippen LogP) is 2.98. The highest BCUT2D eigenvalue weighted by molar-refractivity contribution is 7.89. The number of hydrogen-bond donors (Lipinski definition) is 0. The zero-order valence-electron chi connectivity index (χ0n) is 13.2. The molecule has 1 saturated carbocycles. The molecule has 2 aromatic rings. The minimum atomic E-state index is -4.58. The molecular weight excluding hydrogens is 355 g/mol. The molecule has 4 rings (SSSR count). The molecule has 2 heterocycles. The third kappa shape index (κ3) is 3.06. The van der Waals surface area contributed by atoms with Crippen LogP contribution in [0.1, 0.15) is 35.7 Å². The Bertz CT molecular complexity index is 917. The van der Waals surface area contributed by atoms with Crippen LogP contribution in [0.3, 0.4) is 0 Å². The molecule has 0 amide bonds. The van der Waals surface area contributed by atoms with E-state index in [9.17, 15) is 21.6 Å². The number of fused-ring (bicyclic) bond motifs is 1. The van der Waals surface area contributed by atoms with E-state index < -0.39 is 21.8 Å². The summed E-state index contributed by atoms with van der Waals surface area (Å²) in [6.45, 7) is 0.718. The summed E-state index contributed by atoms with van der Waals surface area (Å²) in [5.74, 6) is 0.464. The van der Waals surface area contributed by atoms with E-state index in [4.69, 9.17) is 0 Å². The summed E-state index contributed by atoms with van der Waals surface area (Å²) in [4.78, 5) is -0.335. The second kappa shape index (κ2) is 5.57. The smallest absolute Gasteiger partial charge is 0.267 e. The number of halogens is 3. The van der Waals surface area contributed by atoms with E-state index >= 15 is 0 Å². The zero-order chi connectivity index (χ0) is 17.8. The monoisotopic (exact) mass is 371 g/mol. The van der Waals surface area contributed by atoms with Crippen LogP contribution in [0.5, 0.6) is 0 Å². The van der Waals surface area contributed by atoms with Gasteiger partial charge in [-0.25, -0.2) is 8.42 Å². The lowest BCUT2D eigenvalue weighted by Crippen LogP contribution is -2.38. The van der Waals surface area contributed by atoms with Gasteiger partial charge in [0.05, 0.1) is 34.9 Å². The molecule has 1 aromatic heterocycles. The van der Waals surface area contributed by atoms with Crippen molar-refractivity contribution >= 4 is 10.0 Å². The van der Waals surface area contributed by atoms with Crippen molar-refractivity contribution in [2.75, 3.05) is 6.54 Å². The number of benzene rings is 1. The Hall–Kier alpha value is -1.87. The lowest BCUT2D eigenvalue weighted by Gasteiger charge is -2.27. The number of alkyl halides is 3. The SMILES string of the molecule is O=S(=O)(c1cccc(C(F)(F)F)c1)N1CCn2nc(C3CC3)cc2C1. The van der Waals surface area contributed by atoms with Crippen LogP contribution >= 0.6 is 0 Å². The molecule has 1 aliphatic heterocycles. The van der Waals surface area contributed by atoms with Crippen LogP contribution in [-0.4, -0.2) is 29.0 Å². The lowest BCUT2D eigenvalue weighted by atomic mass is 10.2. The van der Waals surface area contributed by atoms with Crippen LogP contribution in [0.2, 0.25) is 0 Å². The molecule has 5 nitrogen and oxygen atoms in total. The maximum atomic E-state index is 12.9. The Labute approximate surface area is 143 Å². The van der Waals surface area contributed by atoms with Gasteiger partial charge in [0.15, 0.2) is 0 Å². The van der Waals surface area contributed by atoms with Crippen molar-refractivity contribution in [3.63, 3.8) is 0 Å². The van der Waals surface area contributed by atoms with Gasteiger partial charge in [0.2, 0.25) is 10.0 Å². The maximum absolute atomic E-state index is 12.9. The van der Waals surface area contributed by atoms with Crippen LogP contribution < -0.4 is 0 Å². The molecule has 1 aromatic carbocycles. The molecule has 0 saturated heterocycles. The Morgan fingerprint density at radius 1 is 1.12 bits per heavy atom. The maximum Gasteiger partial charge on any atom is 0.416 e. The van der Waals surface area contributed by atoms with Gasteiger partial charge in [-0.3, -0.25) is 4.68 Å². The molecule has 0 spiro atoms. The van der Waals surface area contributed by atoms with E-state index in [1.807, 2.05) is 6.07 Å². The molecule has 25 heavy (non-hydrogen) atoms. The van der Waals surface area contributed by atoms with Crippen LogP contribution in [-0.2, 0) is 29.3 Å². The predicted molar refractivity (Wildman–Crippen MR) is 83.2 cm³/mol. The first-order valence-corrected chi connectivity index (χ1v) is 9.43. The van der Waals surface area contributed by atoms with Gasteiger partial charge in [-0.05, 0) is 37.1 Å². The Morgan fingerprint density at radius 3 is 2.56 bits per heavy atom. The molecule has 0 atom stereocenters. The quantitative estimate of drug-likeness (QED) is 0.834. The third-order valence-electron chi connectivity index (χ3n) is 4.58. The number of aromatic nitrogens is 2. The van der Waals surface area contributed by atoms with Crippen molar-refractivity contribution in [1.29, 1.82) is 0 Å². The minimum absolute atomic E-state index is 0.123. The zero-order valence-corrected chi connectivity index (χ0v) is 14.0. The van der Waals surface area contributed by atoms with Gasteiger partial charge in [-0.1, -0.05) is 6.07 Å². The Kier molecular flexibility index (Phi) is 3.69. The van der Waals surface area contributed by atoms with Crippen molar-refractivity contribution in [3.05, 3.63) is 47.3 Å². The summed E-state index contributed by atoms with van der Waals surface area (Å²) in [6.07, 6.45) is -2.38. The van der Waals surface area contributed by atoms with Gasteiger partial charge in [0.1, 0.15) is 0 Å². The highest BCUT2D eigenvalue weighted by Crippen LogP contribution is 2.40. The van der Waals surface area contributed by atoms with Crippen molar-refractivity contribution in [1.82, 2.24) is 14.1 Å². The van der Waals surface area contributed by atoms with E-state index in [1.165, 1.54) is 10.4 Å². The van der Waals surface area contributed by atoms with E-state index in [2.05, 4.69) is 5.10 Å². The molecule has 0 unspecified atom stereocenters. The fourth-order valence-electron chi connectivity index (χ4n) is 3.03. The summed E-state index contributed by atoms with van der Waals surface area (Å²) in [5, 5.41) is 4.49. The fraction of sp³-hybridized carbons (Fsp3) is 0.438. The first-order valence-electron chi connectivity index (χ1n) is 7.99. The standard InChI is InChI=1S/C16H16F3N3O2S/c17-16(18,19)12-2-1-3-14(8-12)25(23,24)21-6-7-22-13(10-21)9-15(20-22)11-4-5-11/h1-3,8-9,11H,4-7,10H2. The Morgan fingerprint density at radius 2 is 1.88 bits per heavy atom. The van der Waals surface area contributed by atoms with Crippen LogP contribution in [0.25, 0.3) is 0 Å². The largest absolute Gasteiger partial charge is 0.416 e. The molecule has 134 valence electrons. The summed E-state index contributed by atoms with van der Waals surface area (Å²) in [7, 11) is -3.99. The fourth-order valence-corrected chi connectivity index (χ4v) is 4.48. The van der Waals surface area contributed by atoms with Crippen LogP contribution in [0, 0.1) is 0 Å². The molecule has 9 heteroatoms. The molecule has 0 radical (unpaired) electrons. The van der Waals surface area contributed by atoms with Crippen molar-refractivity contribution < 1.29 is 21.6 Å². The Balaban J connectivity index is 1.62. The van der Waals surface area contributed by atoms with Gasteiger partial charge in [0.25, 0.3) is 0 Å². The number of sulfonamides is 1. The van der Waals surface area contributed by atoms with Crippen LogP contribution in [0.15, 0.2) is 35.2 Å².